The lowest BCUT2D eigenvalue weighted by Gasteiger charge is -2.38. The summed E-state index contributed by atoms with van der Waals surface area (Å²) in [5.41, 5.74) is 1.25. The van der Waals surface area contributed by atoms with Crippen molar-refractivity contribution < 1.29 is 14.0 Å². The van der Waals surface area contributed by atoms with E-state index in [1.165, 1.54) is 11.8 Å². The molecule has 0 N–H and O–H groups in total. The molecule has 7 nitrogen and oxygen atoms in total. The van der Waals surface area contributed by atoms with Crippen molar-refractivity contribution >= 4 is 11.8 Å². The van der Waals surface area contributed by atoms with Gasteiger partial charge in [-0.1, -0.05) is 0 Å². The van der Waals surface area contributed by atoms with Gasteiger partial charge in [0, 0.05) is 64.1 Å². The van der Waals surface area contributed by atoms with Crippen molar-refractivity contribution in [3.8, 4) is 0 Å². The van der Waals surface area contributed by atoms with Gasteiger partial charge in [0.05, 0.1) is 6.26 Å². The summed E-state index contributed by atoms with van der Waals surface area (Å²) in [6.07, 6.45) is 6.60. The number of nitrogens with zero attached hydrogens (tertiary/aromatic N) is 4. The molecule has 0 bridgehead atoms. The number of amides is 2. The first-order valence-electron chi connectivity index (χ1n) is 9.93. The summed E-state index contributed by atoms with van der Waals surface area (Å²) >= 11 is 0. The normalized spacial score (nSPS) is 19.0. The van der Waals surface area contributed by atoms with Crippen molar-refractivity contribution in [2.24, 2.45) is 5.92 Å². The van der Waals surface area contributed by atoms with Crippen LogP contribution in [0.25, 0.3) is 0 Å². The highest BCUT2D eigenvalue weighted by molar-refractivity contribution is 5.91. The molecule has 148 valence electrons. The second kappa shape index (κ2) is 8.56. The van der Waals surface area contributed by atoms with Gasteiger partial charge < -0.3 is 14.2 Å². The van der Waals surface area contributed by atoms with Gasteiger partial charge in [-0.25, -0.2) is 0 Å². The first kappa shape index (κ1) is 18.7. The maximum atomic E-state index is 12.9. The SMILES string of the molecule is O=C(c1ccco1)N1CCC(C(=O)N2CCN(Cc3ccncc3)CC2)CC1. The fraction of sp³-hybridized carbons (Fsp3) is 0.476. The molecule has 0 unspecified atom stereocenters. The van der Waals surface area contributed by atoms with Gasteiger partial charge in [-0.3, -0.25) is 19.5 Å². The zero-order valence-corrected chi connectivity index (χ0v) is 16.0. The smallest absolute Gasteiger partial charge is 0.289 e. The highest BCUT2D eigenvalue weighted by atomic mass is 16.3. The topological polar surface area (TPSA) is 69.9 Å². The van der Waals surface area contributed by atoms with Crippen LogP contribution < -0.4 is 0 Å². The summed E-state index contributed by atoms with van der Waals surface area (Å²) < 4.78 is 5.20. The molecule has 0 aliphatic carbocycles. The number of likely N-dealkylation sites (tertiary alicyclic amines) is 1. The fourth-order valence-electron chi connectivity index (χ4n) is 4.02. The molecule has 28 heavy (non-hydrogen) atoms. The van der Waals surface area contributed by atoms with Crippen LogP contribution in [0.3, 0.4) is 0 Å². The third kappa shape index (κ3) is 4.25. The van der Waals surface area contributed by atoms with Crippen molar-refractivity contribution in [3.05, 3.63) is 54.2 Å². The molecule has 2 aliphatic heterocycles. The Hall–Kier alpha value is -2.67. The van der Waals surface area contributed by atoms with Crippen LogP contribution in [0.2, 0.25) is 0 Å². The van der Waals surface area contributed by atoms with E-state index < -0.39 is 0 Å². The number of carbonyl (C=O) groups excluding carboxylic acids is 2. The lowest BCUT2D eigenvalue weighted by atomic mass is 9.94. The van der Waals surface area contributed by atoms with Crippen molar-refractivity contribution in [3.63, 3.8) is 0 Å². The Kier molecular flexibility index (Phi) is 5.71. The van der Waals surface area contributed by atoms with Crippen LogP contribution in [0.15, 0.2) is 47.3 Å². The van der Waals surface area contributed by atoms with Gasteiger partial charge in [0.25, 0.3) is 5.91 Å². The third-order valence-corrected chi connectivity index (χ3v) is 5.70. The minimum Gasteiger partial charge on any atom is -0.459 e. The van der Waals surface area contributed by atoms with Gasteiger partial charge in [-0.05, 0) is 42.7 Å². The molecule has 4 heterocycles. The van der Waals surface area contributed by atoms with Crippen molar-refractivity contribution in [2.45, 2.75) is 19.4 Å². The number of rotatable bonds is 4. The molecule has 7 heteroatoms. The number of hydrogen-bond acceptors (Lipinski definition) is 5. The summed E-state index contributed by atoms with van der Waals surface area (Å²) in [5, 5.41) is 0. The molecule has 4 rings (SSSR count). The molecule has 2 aromatic heterocycles. The first-order chi connectivity index (χ1) is 13.7. The second-order valence-corrected chi connectivity index (χ2v) is 7.50. The zero-order chi connectivity index (χ0) is 19.3. The monoisotopic (exact) mass is 382 g/mol. The molecule has 2 saturated heterocycles. The molecule has 2 fully saturated rings. The second-order valence-electron chi connectivity index (χ2n) is 7.50. The van der Waals surface area contributed by atoms with Gasteiger partial charge in [0.15, 0.2) is 5.76 Å². The molecule has 0 atom stereocenters. The van der Waals surface area contributed by atoms with Crippen LogP contribution >= 0.6 is 0 Å². The van der Waals surface area contributed by atoms with E-state index in [0.717, 1.165) is 45.6 Å². The zero-order valence-electron chi connectivity index (χ0n) is 16.0. The minimum atomic E-state index is -0.0828. The number of piperazine rings is 1. The maximum absolute atomic E-state index is 12.9. The average molecular weight is 382 g/mol. The molecule has 0 aromatic carbocycles. The predicted molar refractivity (Wildman–Crippen MR) is 103 cm³/mol. The van der Waals surface area contributed by atoms with Gasteiger partial charge in [0.1, 0.15) is 0 Å². The van der Waals surface area contributed by atoms with Gasteiger partial charge in [-0.2, -0.15) is 0 Å². The van der Waals surface area contributed by atoms with Gasteiger partial charge in [0.2, 0.25) is 5.91 Å². The van der Waals surface area contributed by atoms with Gasteiger partial charge in [-0.15, -0.1) is 0 Å². The Morgan fingerprint density at radius 2 is 1.68 bits per heavy atom. The summed E-state index contributed by atoms with van der Waals surface area (Å²) in [6, 6.07) is 7.48. The van der Waals surface area contributed by atoms with E-state index in [-0.39, 0.29) is 17.7 Å². The molecular weight excluding hydrogens is 356 g/mol. The molecule has 2 aliphatic rings. The Morgan fingerprint density at radius 3 is 2.32 bits per heavy atom. The van der Waals surface area contributed by atoms with Crippen LogP contribution in [0.4, 0.5) is 0 Å². The van der Waals surface area contributed by atoms with Crippen LogP contribution in [-0.4, -0.2) is 70.8 Å². The first-order valence-corrected chi connectivity index (χ1v) is 9.93. The maximum Gasteiger partial charge on any atom is 0.289 e. The summed E-state index contributed by atoms with van der Waals surface area (Å²) in [7, 11) is 0. The quantitative estimate of drug-likeness (QED) is 0.807. The van der Waals surface area contributed by atoms with E-state index >= 15 is 0 Å². The largest absolute Gasteiger partial charge is 0.459 e. The number of aromatic nitrogens is 1. The summed E-state index contributed by atoms with van der Waals surface area (Å²) in [6.45, 7) is 5.45. The average Bonchev–Trinajstić information content (AvgIpc) is 3.29. The molecule has 0 spiro atoms. The molecule has 0 radical (unpaired) electrons. The molecule has 2 aromatic rings. The number of carbonyl (C=O) groups is 2. The van der Waals surface area contributed by atoms with E-state index in [9.17, 15) is 9.59 Å². The molecule has 0 saturated carbocycles. The van der Waals surface area contributed by atoms with Gasteiger partial charge >= 0.3 is 0 Å². The van der Waals surface area contributed by atoms with E-state index in [0.29, 0.717) is 18.8 Å². The number of furan rings is 1. The summed E-state index contributed by atoms with van der Waals surface area (Å²) in [4.78, 5) is 35.5. The molecular formula is C21H26N4O3. The summed E-state index contributed by atoms with van der Waals surface area (Å²) in [5.74, 6) is 0.553. The van der Waals surface area contributed by atoms with Crippen LogP contribution in [0, 0.1) is 5.92 Å². The fourth-order valence-corrected chi connectivity index (χ4v) is 4.02. The van der Waals surface area contributed by atoms with Crippen molar-refractivity contribution in [1.29, 1.82) is 0 Å². The van der Waals surface area contributed by atoms with E-state index in [1.807, 2.05) is 29.4 Å². The standard InChI is InChI=1S/C21H26N4O3/c26-20(18-5-9-24(10-6-18)21(27)19-2-1-15-28-19)25-13-11-23(12-14-25)16-17-3-7-22-8-4-17/h1-4,7-8,15,18H,5-6,9-14,16H2. The number of piperidine rings is 1. The van der Waals surface area contributed by atoms with Crippen LogP contribution in [0.1, 0.15) is 29.0 Å². The predicted octanol–water partition coefficient (Wildman–Crippen LogP) is 1.87. The van der Waals surface area contributed by atoms with E-state index in [2.05, 4.69) is 9.88 Å². The highest BCUT2D eigenvalue weighted by Crippen LogP contribution is 2.22. The van der Waals surface area contributed by atoms with Crippen LogP contribution in [0.5, 0.6) is 0 Å². The van der Waals surface area contributed by atoms with E-state index in [1.54, 1.807) is 17.0 Å². The Balaban J connectivity index is 1.23. The Labute approximate surface area is 164 Å². The third-order valence-electron chi connectivity index (χ3n) is 5.70. The lowest BCUT2D eigenvalue weighted by molar-refractivity contribution is -0.138. The lowest BCUT2D eigenvalue weighted by Crippen LogP contribution is -2.51. The van der Waals surface area contributed by atoms with Crippen LogP contribution in [-0.2, 0) is 11.3 Å². The Bertz CT molecular complexity index is 777. The Morgan fingerprint density at radius 1 is 0.964 bits per heavy atom. The van der Waals surface area contributed by atoms with E-state index in [4.69, 9.17) is 4.42 Å². The van der Waals surface area contributed by atoms with Crippen molar-refractivity contribution in [1.82, 2.24) is 19.7 Å². The number of hydrogen-bond donors (Lipinski definition) is 0. The molecule has 2 amide bonds. The number of pyridine rings is 1. The minimum absolute atomic E-state index is 0.0207. The van der Waals surface area contributed by atoms with Crippen molar-refractivity contribution in [2.75, 3.05) is 39.3 Å². The highest BCUT2D eigenvalue weighted by Gasteiger charge is 2.32.